The Hall–Kier alpha value is -4.02. The van der Waals surface area contributed by atoms with Crippen molar-refractivity contribution in [2.24, 2.45) is 7.05 Å². The number of hydrogen-bond donors (Lipinski definition) is 3. The fraction of sp³-hybridized carbons (Fsp3) is 0.238. The first kappa shape index (κ1) is 21.2. The number of aromatic nitrogens is 3. The van der Waals surface area contributed by atoms with Crippen LogP contribution in [0.4, 0.5) is 25.1 Å². The van der Waals surface area contributed by atoms with Crippen molar-refractivity contribution in [1.82, 2.24) is 25.0 Å². The number of carbonyl (C=O) groups is 2. The number of nitrogens with zero attached hydrogens (tertiary/aromatic N) is 4. The maximum atomic E-state index is 13.3. The Labute approximate surface area is 182 Å². The average Bonchev–Trinajstić information content (AvgIpc) is 3.40. The molecule has 32 heavy (non-hydrogen) atoms. The van der Waals surface area contributed by atoms with Gasteiger partial charge in [0.05, 0.1) is 11.8 Å². The van der Waals surface area contributed by atoms with Gasteiger partial charge in [0.15, 0.2) is 11.6 Å². The monoisotopic (exact) mass is 441 g/mol. The number of aryl methyl sites for hydroxylation is 1. The highest BCUT2D eigenvalue weighted by atomic mass is 19.2. The van der Waals surface area contributed by atoms with E-state index in [9.17, 15) is 18.4 Å². The van der Waals surface area contributed by atoms with Crippen molar-refractivity contribution >= 4 is 23.4 Å². The maximum absolute atomic E-state index is 13.3. The molecule has 1 atom stereocenters. The van der Waals surface area contributed by atoms with Crippen molar-refractivity contribution in [3.05, 3.63) is 60.1 Å². The van der Waals surface area contributed by atoms with Crippen LogP contribution < -0.4 is 16.4 Å². The summed E-state index contributed by atoms with van der Waals surface area (Å²) < 4.78 is 28.0. The normalized spacial score (nSPS) is 15.6. The van der Waals surface area contributed by atoms with Gasteiger partial charge in [-0.25, -0.2) is 18.6 Å². The Morgan fingerprint density at radius 3 is 2.69 bits per heavy atom. The van der Waals surface area contributed by atoms with Crippen molar-refractivity contribution in [3.8, 4) is 11.1 Å². The van der Waals surface area contributed by atoms with Crippen molar-refractivity contribution in [2.75, 3.05) is 24.1 Å². The van der Waals surface area contributed by atoms with E-state index in [4.69, 9.17) is 5.73 Å². The molecule has 1 saturated heterocycles. The Morgan fingerprint density at radius 2 is 1.97 bits per heavy atom. The lowest BCUT2D eigenvalue weighted by Gasteiger charge is -2.18. The van der Waals surface area contributed by atoms with Crippen LogP contribution in [0, 0.1) is 11.6 Å². The van der Waals surface area contributed by atoms with Gasteiger partial charge in [-0.3, -0.25) is 9.48 Å². The van der Waals surface area contributed by atoms with Crippen LogP contribution in [0.5, 0.6) is 0 Å². The SMILES string of the molecule is Cn1cc(-c2cnc(N)c(C(=O)N[C@@H]3CCN(C(=O)Nc4ccc(F)c(F)c4)C3)c2)cn1. The van der Waals surface area contributed by atoms with Gasteiger partial charge in [0.25, 0.3) is 5.91 Å². The number of benzene rings is 1. The third kappa shape index (κ3) is 4.51. The maximum Gasteiger partial charge on any atom is 0.321 e. The zero-order valence-electron chi connectivity index (χ0n) is 17.2. The molecule has 11 heteroatoms. The number of hydrogen-bond acceptors (Lipinski definition) is 5. The lowest BCUT2D eigenvalue weighted by molar-refractivity contribution is 0.0938. The summed E-state index contributed by atoms with van der Waals surface area (Å²) in [7, 11) is 1.79. The van der Waals surface area contributed by atoms with E-state index in [2.05, 4.69) is 20.7 Å². The molecule has 4 rings (SSSR count). The first-order valence-corrected chi connectivity index (χ1v) is 9.86. The van der Waals surface area contributed by atoms with Crippen LogP contribution in [-0.2, 0) is 7.05 Å². The first-order chi connectivity index (χ1) is 15.3. The van der Waals surface area contributed by atoms with Crippen molar-refractivity contribution in [2.45, 2.75) is 12.5 Å². The molecule has 4 N–H and O–H groups in total. The molecule has 1 fully saturated rings. The van der Waals surface area contributed by atoms with E-state index in [1.165, 1.54) is 11.0 Å². The number of carbonyl (C=O) groups excluding carboxylic acids is 2. The second kappa shape index (κ2) is 8.61. The Kier molecular flexibility index (Phi) is 5.71. The third-order valence-corrected chi connectivity index (χ3v) is 5.18. The molecule has 2 aromatic heterocycles. The zero-order valence-corrected chi connectivity index (χ0v) is 17.2. The standard InChI is InChI=1S/C21H21F2N7O2/c1-29-10-13(9-26-29)12-6-16(19(24)25-8-12)20(31)27-15-4-5-30(11-15)21(32)28-14-2-3-17(22)18(23)7-14/h2-3,6-10,15H,4-5,11H2,1H3,(H2,24,25)(H,27,31)(H,28,32)/t15-/m1/s1. The molecule has 3 aromatic rings. The molecular weight excluding hydrogens is 420 g/mol. The van der Waals surface area contributed by atoms with Crippen LogP contribution in [0.25, 0.3) is 11.1 Å². The van der Waals surface area contributed by atoms with Crippen LogP contribution in [0.3, 0.4) is 0 Å². The predicted molar refractivity (Wildman–Crippen MR) is 114 cm³/mol. The summed E-state index contributed by atoms with van der Waals surface area (Å²) in [6, 6.07) is 4.02. The quantitative estimate of drug-likeness (QED) is 0.575. The Bertz CT molecular complexity index is 1180. The molecule has 1 aliphatic rings. The van der Waals surface area contributed by atoms with Crippen LogP contribution in [0.1, 0.15) is 16.8 Å². The number of anilines is 2. The smallest absolute Gasteiger partial charge is 0.321 e. The van der Waals surface area contributed by atoms with E-state index in [0.29, 0.717) is 18.5 Å². The third-order valence-electron chi connectivity index (χ3n) is 5.18. The van der Waals surface area contributed by atoms with Crippen LogP contribution >= 0.6 is 0 Å². The van der Waals surface area contributed by atoms with Gasteiger partial charge in [-0.1, -0.05) is 0 Å². The molecule has 0 aliphatic carbocycles. The molecule has 0 radical (unpaired) electrons. The zero-order chi connectivity index (χ0) is 22.8. The van der Waals surface area contributed by atoms with Gasteiger partial charge in [-0.05, 0) is 24.6 Å². The summed E-state index contributed by atoms with van der Waals surface area (Å²) in [6.45, 7) is 0.654. The van der Waals surface area contributed by atoms with E-state index < -0.39 is 23.6 Å². The second-order valence-corrected chi connectivity index (χ2v) is 7.52. The minimum atomic E-state index is -1.05. The molecule has 166 valence electrons. The number of halogens is 2. The van der Waals surface area contributed by atoms with Crippen molar-refractivity contribution < 1.29 is 18.4 Å². The highest BCUT2D eigenvalue weighted by Gasteiger charge is 2.28. The average molecular weight is 441 g/mol. The summed E-state index contributed by atoms with van der Waals surface area (Å²) in [5.41, 5.74) is 7.79. The number of nitrogen functional groups attached to an aromatic ring is 1. The van der Waals surface area contributed by atoms with E-state index in [0.717, 1.165) is 17.7 Å². The largest absolute Gasteiger partial charge is 0.383 e. The van der Waals surface area contributed by atoms with Gasteiger partial charge in [-0.15, -0.1) is 0 Å². The number of pyridine rings is 1. The summed E-state index contributed by atoms with van der Waals surface area (Å²) >= 11 is 0. The minimum Gasteiger partial charge on any atom is -0.383 e. The predicted octanol–water partition coefficient (Wildman–Crippen LogP) is 2.38. The number of likely N-dealkylation sites (tertiary alicyclic amines) is 1. The summed E-state index contributed by atoms with van der Waals surface area (Å²) in [5.74, 6) is -2.34. The van der Waals surface area contributed by atoms with E-state index in [1.807, 2.05) is 0 Å². The van der Waals surface area contributed by atoms with Crippen LogP contribution in [0.15, 0.2) is 42.9 Å². The first-order valence-electron chi connectivity index (χ1n) is 9.86. The van der Waals surface area contributed by atoms with Gasteiger partial charge < -0.3 is 21.3 Å². The minimum absolute atomic E-state index is 0.0982. The Morgan fingerprint density at radius 1 is 1.16 bits per heavy atom. The number of urea groups is 1. The molecule has 3 heterocycles. The van der Waals surface area contributed by atoms with E-state index >= 15 is 0 Å². The molecule has 0 spiro atoms. The second-order valence-electron chi connectivity index (χ2n) is 7.52. The van der Waals surface area contributed by atoms with Crippen LogP contribution in [0.2, 0.25) is 0 Å². The van der Waals surface area contributed by atoms with Crippen LogP contribution in [-0.4, -0.2) is 50.7 Å². The fourth-order valence-corrected chi connectivity index (χ4v) is 3.49. The number of nitrogens with one attached hydrogen (secondary N) is 2. The molecule has 0 bridgehead atoms. The van der Waals surface area contributed by atoms with Gasteiger partial charge in [0.2, 0.25) is 0 Å². The van der Waals surface area contributed by atoms with Crippen molar-refractivity contribution in [1.29, 1.82) is 0 Å². The summed E-state index contributed by atoms with van der Waals surface area (Å²) in [5, 5.41) is 9.51. The fourth-order valence-electron chi connectivity index (χ4n) is 3.49. The molecule has 9 nitrogen and oxygen atoms in total. The molecule has 1 aliphatic heterocycles. The lowest BCUT2D eigenvalue weighted by atomic mass is 10.1. The Balaban J connectivity index is 1.38. The number of amides is 3. The topological polar surface area (TPSA) is 118 Å². The molecule has 3 amide bonds. The van der Waals surface area contributed by atoms with E-state index in [1.54, 1.807) is 36.4 Å². The number of rotatable bonds is 4. The highest BCUT2D eigenvalue weighted by Crippen LogP contribution is 2.22. The molecule has 0 unspecified atom stereocenters. The molecule has 0 saturated carbocycles. The van der Waals surface area contributed by atoms with Gasteiger partial charge in [-0.2, -0.15) is 5.10 Å². The summed E-state index contributed by atoms with van der Waals surface area (Å²) in [6.07, 6.45) is 5.57. The summed E-state index contributed by atoms with van der Waals surface area (Å²) in [4.78, 5) is 30.8. The molecular formula is C21H21F2N7O2. The van der Waals surface area contributed by atoms with Gasteiger partial charge >= 0.3 is 6.03 Å². The van der Waals surface area contributed by atoms with Crippen molar-refractivity contribution in [3.63, 3.8) is 0 Å². The number of nitrogens with two attached hydrogens (primary N) is 1. The van der Waals surface area contributed by atoms with Gasteiger partial charge in [0.1, 0.15) is 5.82 Å². The van der Waals surface area contributed by atoms with E-state index in [-0.39, 0.29) is 29.7 Å². The van der Waals surface area contributed by atoms with Gasteiger partial charge in [0, 0.05) is 61.5 Å². The molecule has 1 aromatic carbocycles. The highest BCUT2D eigenvalue weighted by molar-refractivity contribution is 5.99. The lowest BCUT2D eigenvalue weighted by Crippen LogP contribution is -2.40.